The van der Waals surface area contributed by atoms with Crippen LogP contribution in [-0.4, -0.2) is 17.2 Å². The highest BCUT2D eigenvalue weighted by atomic mass is 32.1. The number of hydrogen-bond acceptors (Lipinski definition) is 3. The van der Waals surface area contributed by atoms with Crippen molar-refractivity contribution in [3.05, 3.63) is 169 Å². The van der Waals surface area contributed by atoms with Gasteiger partial charge in [0.1, 0.15) is 0 Å². The van der Waals surface area contributed by atoms with Crippen LogP contribution in [0.1, 0.15) is 30.4 Å². The minimum absolute atomic E-state index is 0.379. The Labute approximate surface area is 313 Å². The summed E-state index contributed by atoms with van der Waals surface area (Å²) in [5, 5.41) is 28.8. The molecule has 1 atom stereocenters. The highest BCUT2D eigenvalue weighted by Crippen LogP contribution is 2.49. The SMILES string of the molecule is CC1CC=Cc2c1c(-c1ccccc1)c1cc(-c3ccc(-c4c(B(O)O)c5sc6ccccc6c5c5ccccc45)cc3)ccc1c2-c1ccccc1. The molecule has 0 spiro atoms. The number of fused-ring (bicyclic) bond motifs is 7. The van der Waals surface area contributed by atoms with E-state index < -0.39 is 7.12 Å². The van der Waals surface area contributed by atoms with Gasteiger partial charge in [0.05, 0.1) is 0 Å². The molecular weight excluding hydrogens is 663 g/mol. The van der Waals surface area contributed by atoms with Gasteiger partial charge in [-0.1, -0.05) is 159 Å². The van der Waals surface area contributed by atoms with Crippen LogP contribution < -0.4 is 5.46 Å². The maximum absolute atomic E-state index is 11.0. The van der Waals surface area contributed by atoms with E-state index in [-0.39, 0.29) is 0 Å². The Hall–Kier alpha value is -5.78. The van der Waals surface area contributed by atoms with E-state index in [1.165, 1.54) is 44.2 Å². The van der Waals surface area contributed by atoms with Crippen LogP contribution >= 0.6 is 11.3 Å². The lowest BCUT2D eigenvalue weighted by atomic mass is 9.72. The molecule has 4 heteroatoms. The number of benzene rings is 8. The van der Waals surface area contributed by atoms with Crippen molar-refractivity contribution in [2.75, 3.05) is 0 Å². The lowest BCUT2D eigenvalue weighted by molar-refractivity contribution is 0.426. The van der Waals surface area contributed by atoms with E-state index in [1.807, 2.05) is 12.1 Å². The third kappa shape index (κ3) is 5.09. The normalized spacial score (nSPS) is 14.0. The molecule has 53 heavy (non-hydrogen) atoms. The molecule has 9 aromatic rings. The molecule has 0 amide bonds. The van der Waals surface area contributed by atoms with Gasteiger partial charge in [0.2, 0.25) is 0 Å². The third-order valence-electron chi connectivity index (χ3n) is 11.1. The van der Waals surface area contributed by atoms with E-state index in [0.29, 0.717) is 11.4 Å². The molecule has 1 aromatic heterocycles. The van der Waals surface area contributed by atoms with Crippen molar-refractivity contribution in [2.24, 2.45) is 0 Å². The first-order valence-corrected chi connectivity index (χ1v) is 19.1. The number of rotatable bonds is 5. The van der Waals surface area contributed by atoms with Crippen LogP contribution in [0.5, 0.6) is 0 Å². The van der Waals surface area contributed by atoms with Crippen molar-refractivity contribution >= 4 is 71.7 Å². The van der Waals surface area contributed by atoms with E-state index in [1.54, 1.807) is 11.3 Å². The maximum Gasteiger partial charge on any atom is 0.490 e. The first-order valence-electron chi connectivity index (χ1n) is 18.3. The van der Waals surface area contributed by atoms with Crippen LogP contribution in [0, 0.1) is 0 Å². The molecule has 1 aliphatic rings. The van der Waals surface area contributed by atoms with Crippen LogP contribution in [0.15, 0.2) is 158 Å². The average molecular weight is 699 g/mol. The van der Waals surface area contributed by atoms with Gasteiger partial charge in [0.15, 0.2) is 0 Å². The Balaban J connectivity index is 1.19. The Kier molecular flexibility index (Phi) is 7.66. The van der Waals surface area contributed by atoms with Crippen molar-refractivity contribution in [3.63, 3.8) is 0 Å². The summed E-state index contributed by atoms with van der Waals surface area (Å²) in [5.74, 6) is 0.379. The fourth-order valence-corrected chi connectivity index (χ4v) is 10.1. The molecule has 0 saturated carbocycles. The standard InChI is InChI=1S/C49H35BO2S/c1-30-13-12-21-40-43(30)45(33-16-6-3-7-17-33)41-29-35(27-28-38(41)44(40)32-14-4-2-5-15-32)31-23-25-34(26-24-31)46-36-18-8-9-19-37(36)47-39-20-10-11-22-42(39)53-49(47)48(46)50(51)52/h2-12,14-30,51-52H,13H2,1H3. The smallest absolute Gasteiger partial charge is 0.423 e. The van der Waals surface area contributed by atoms with Crippen molar-refractivity contribution in [1.29, 1.82) is 0 Å². The summed E-state index contributed by atoms with van der Waals surface area (Å²) in [7, 11) is -1.62. The van der Waals surface area contributed by atoms with E-state index in [4.69, 9.17) is 0 Å². The molecule has 2 nitrogen and oxygen atoms in total. The predicted octanol–water partition coefficient (Wildman–Crippen LogP) is 12.2. The number of hydrogen-bond donors (Lipinski definition) is 2. The molecular formula is C49H35BO2S. The second-order valence-corrected chi connectivity index (χ2v) is 15.2. The van der Waals surface area contributed by atoms with Crippen LogP contribution in [0.3, 0.4) is 0 Å². The average Bonchev–Trinajstić information content (AvgIpc) is 3.59. The molecule has 0 bridgehead atoms. The first kappa shape index (κ1) is 31.9. The summed E-state index contributed by atoms with van der Waals surface area (Å²) in [5.41, 5.74) is 12.5. The monoisotopic (exact) mass is 698 g/mol. The fourth-order valence-electron chi connectivity index (χ4n) is 8.80. The second-order valence-electron chi connectivity index (χ2n) is 14.2. The van der Waals surface area contributed by atoms with Gasteiger partial charge in [0, 0.05) is 25.6 Å². The van der Waals surface area contributed by atoms with Crippen molar-refractivity contribution in [3.8, 4) is 44.5 Å². The first-order chi connectivity index (χ1) is 26.1. The fraction of sp³-hybridized carbons (Fsp3) is 0.0612. The van der Waals surface area contributed by atoms with Gasteiger partial charge < -0.3 is 10.0 Å². The van der Waals surface area contributed by atoms with Crippen LogP contribution in [0.4, 0.5) is 0 Å². The molecule has 10 rings (SSSR count). The highest BCUT2D eigenvalue weighted by molar-refractivity contribution is 7.27. The zero-order chi connectivity index (χ0) is 35.6. The van der Waals surface area contributed by atoms with Crippen LogP contribution in [-0.2, 0) is 0 Å². The quantitative estimate of drug-likeness (QED) is 0.176. The molecule has 8 aromatic carbocycles. The van der Waals surface area contributed by atoms with Gasteiger partial charge in [-0.15, -0.1) is 11.3 Å². The number of allylic oxidation sites excluding steroid dienone is 1. The third-order valence-corrected chi connectivity index (χ3v) is 12.3. The summed E-state index contributed by atoms with van der Waals surface area (Å²) < 4.78 is 2.05. The summed E-state index contributed by atoms with van der Waals surface area (Å²) in [6.07, 6.45) is 5.69. The summed E-state index contributed by atoms with van der Waals surface area (Å²) in [4.78, 5) is 0. The minimum Gasteiger partial charge on any atom is -0.423 e. The molecule has 2 N–H and O–H groups in total. The molecule has 1 unspecified atom stereocenters. The topological polar surface area (TPSA) is 40.5 Å². The van der Waals surface area contributed by atoms with Gasteiger partial charge >= 0.3 is 7.12 Å². The van der Waals surface area contributed by atoms with Gasteiger partial charge in [-0.05, 0) is 102 Å². The van der Waals surface area contributed by atoms with Crippen LogP contribution in [0.2, 0.25) is 0 Å². The van der Waals surface area contributed by atoms with E-state index in [9.17, 15) is 10.0 Å². The van der Waals surface area contributed by atoms with E-state index >= 15 is 0 Å². The van der Waals surface area contributed by atoms with Crippen molar-refractivity contribution in [2.45, 2.75) is 19.3 Å². The van der Waals surface area contributed by atoms with Gasteiger partial charge in [0.25, 0.3) is 0 Å². The number of thiophene rings is 1. The zero-order valence-electron chi connectivity index (χ0n) is 29.3. The van der Waals surface area contributed by atoms with Crippen molar-refractivity contribution < 1.29 is 10.0 Å². The highest BCUT2D eigenvalue weighted by Gasteiger charge is 2.28. The predicted molar refractivity (Wildman–Crippen MR) is 228 cm³/mol. The summed E-state index contributed by atoms with van der Waals surface area (Å²) >= 11 is 1.63. The largest absolute Gasteiger partial charge is 0.490 e. The van der Waals surface area contributed by atoms with Gasteiger partial charge in [-0.2, -0.15) is 0 Å². The molecule has 0 radical (unpaired) electrons. The van der Waals surface area contributed by atoms with Gasteiger partial charge in [-0.25, -0.2) is 0 Å². The summed E-state index contributed by atoms with van der Waals surface area (Å²) in [6, 6.07) is 53.9. The Morgan fingerprint density at radius 3 is 1.81 bits per heavy atom. The Morgan fingerprint density at radius 2 is 1.09 bits per heavy atom. The second kappa shape index (κ2) is 12.7. The van der Waals surface area contributed by atoms with Crippen LogP contribution in [0.25, 0.3) is 92.3 Å². The maximum atomic E-state index is 11.0. The lowest BCUT2D eigenvalue weighted by Gasteiger charge is -2.28. The Bertz CT molecular complexity index is 2890. The van der Waals surface area contributed by atoms with Gasteiger partial charge in [-0.3, -0.25) is 0 Å². The minimum atomic E-state index is -1.62. The zero-order valence-corrected chi connectivity index (χ0v) is 30.1. The van der Waals surface area contributed by atoms with E-state index in [0.717, 1.165) is 59.6 Å². The molecule has 0 fully saturated rings. The lowest BCUT2D eigenvalue weighted by Crippen LogP contribution is -2.32. The Morgan fingerprint density at radius 1 is 0.528 bits per heavy atom. The molecule has 0 aliphatic heterocycles. The van der Waals surface area contributed by atoms with E-state index in [2.05, 4.69) is 159 Å². The molecule has 1 heterocycles. The summed E-state index contributed by atoms with van der Waals surface area (Å²) in [6.45, 7) is 2.36. The molecule has 1 aliphatic carbocycles. The molecule has 0 saturated heterocycles. The molecule has 252 valence electrons. The van der Waals surface area contributed by atoms with Crippen molar-refractivity contribution in [1.82, 2.24) is 0 Å².